The monoisotopic (exact) mass is 323 g/mol. The predicted molar refractivity (Wildman–Crippen MR) is 81.5 cm³/mol. The normalized spacial score (nSPS) is 10.0. The maximum absolute atomic E-state index is 11.8. The Morgan fingerprint density at radius 2 is 1.91 bits per heavy atom. The predicted octanol–water partition coefficient (Wildman–Crippen LogP) is 0.610. The second-order valence-electron chi connectivity index (χ2n) is 4.99. The maximum Gasteiger partial charge on any atom is 0.343 e. The summed E-state index contributed by atoms with van der Waals surface area (Å²) in [5, 5.41) is 2.80. The molecule has 0 aliphatic rings. The van der Waals surface area contributed by atoms with Crippen LogP contribution in [0.2, 0.25) is 0 Å². The van der Waals surface area contributed by atoms with Gasteiger partial charge in [0.25, 0.3) is 5.91 Å². The molecule has 1 aromatic rings. The highest BCUT2D eigenvalue weighted by Gasteiger charge is 2.13. The van der Waals surface area contributed by atoms with Crippen LogP contribution in [0.3, 0.4) is 0 Å². The van der Waals surface area contributed by atoms with Crippen LogP contribution in [0.25, 0.3) is 0 Å². The topological polar surface area (TPSA) is 85.6 Å². The standard InChI is InChI=1S/C16H22N2O5/c1-22-15(20)8-4-3-5-9-17-14(19)12-18-10-6-7-13(11-18)16(21)23-2/h6-7,10-11H,3-5,8-9,12H2,1-2H3/p+1. The van der Waals surface area contributed by atoms with Crippen molar-refractivity contribution in [1.29, 1.82) is 0 Å². The average molecular weight is 323 g/mol. The van der Waals surface area contributed by atoms with Crippen molar-refractivity contribution in [2.45, 2.75) is 32.2 Å². The number of amides is 1. The Labute approximate surface area is 135 Å². The van der Waals surface area contributed by atoms with Crippen molar-refractivity contribution in [3.63, 3.8) is 0 Å². The van der Waals surface area contributed by atoms with Crippen molar-refractivity contribution in [3.05, 3.63) is 30.1 Å². The van der Waals surface area contributed by atoms with E-state index in [9.17, 15) is 14.4 Å². The molecule has 0 unspecified atom stereocenters. The number of carbonyl (C=O) groups is 3. The van der Waals surface area contributed by atoms with Gasteiger partial charge in [0.2, 0.25) is 6.54 Å². The summed E-state index contributed by atoms with van der Waals surface area (Å²) in [7, 11) is 2.68. The van der Waals surface area contributed by atoms with Crippen LogP contribution in [-0.2, 0) is 25.6 Å². The summed E-state index contributed by atoms with van der Waals surface area (Å²) in [5.41, 5.74) is 0.394. The zero-order valence-corrected chi connectivity index (χ0v) is 13.5. The van der Waals surface area contributed by atoms with Gasteiger partial charge in [-0.05, 0) is 18.9 Å². The van der Waals surface area contributed by atoms with Crippen molar-refractivity contribution >= 4 is 17.8 Å². The molecule has 0 radical (unpaired) electrons. The molecule has 0 saturated carbocycles. The molecular formula is C16H23N2O5+. The molecule has 0 aromatic carbocycles. The van der Waals surface area contributed by atoms with Crippen molar-refractivity contribution in [1.82, 2.24) is 5.32 Å². The van der Waals surface area contributed by atoms with Crippen molar-refractivity contribution in [2.75, 3.05) is 20.8 Å². The zero-order chi connectivity index (χ0) is 17.1. The smallest absolute Gasteiger partial charge is 0.343 e. The number of carbonyl (C=O) groups excluding carboxylic acids is 3. The maximum atomic E-state index is 11.8. The lowest BCUT2D eigenvalue weighted by atomic mass is 10.2. The summed E-state index contributed by atoms with van der Waals surface area (Å²) in [5.74, 6) is -0.786. The van der Waals surface area contributed by atoms with E-state index < -0.39 is 5.97 Å². The van der Waals surface area contributed by atoms with Crippen LogP contribution in [0, 0.1) is 0 Å². The third-order valence-corrected chi connectivity index (χ3v) is 3.21. The van der Waals surface area contributed by atoms with Gasteiger partial charge in [-0.25, -0.2) is 4.79 Å². The van der Waals surface area contributed by atoms with Crippen LogP contribution in [0.4, 0.5) is 0 Å². The van der Waals surface area contributed by atoms with Crippen LogP contribution in [0.15, 0.2) is 24.5 Å². The second-order valence-corrected chi connectivity index (χ2v) is 4.99. The van der Waals surface area contributed by atoms with Crippen LogP contribution >= 0.6 is 0 Å². The zero-order valence-electron chi connectivity index (χ0n) is 13.5. The van der Waals surface area contributed by atoms with Crippen LogP contribution < -0.4 is 9.88 Å². The van der Waals surface area contributed by atoms with E-state index in [4.69, 9.17) is 0 Å². The minimum atomic E-state index is -0.439. The minimum absolute atomic E-state index is 0.132. The summed E-state index contributed by atoms with van der Waals surface area (Å²) in [6, 6.07) is 3.31. The van der Waals surface area contributed by atoms with Crippen LogP contribution in [0.5, 0.6) is 0 Å². The number of rotatable bonds is 9. The molecule has 0 saturated heterocycles. The van der Waals surface area contributed by atoms with E-state index in [1.807, 2.05) is 0 Å². The van der Waals surface area contributed by atoms with Gasteiger partial charge in [-0.15, -0.1) is 0 Å². The summed E-state index contributed by atoms with van der Waals surface area (Å²) in [4.78, 5) is 34.2. The number of nitrogens with one attached hydrogen (secondary N) is 1. The van der Waals surface area contributed by atoms with E-state index in [-0.39, 0.29) is 18.4 Å². The Bertz CT molecular complexity index is 545. The van der Waals surface area contributed by atoms with Gasteiger partial charge in [0, 0.05) is 19.0 Å². The van der Waals surface area contributed by atoms with E-state index >= 15 is 0 Å². The fourth-order valence-electron chi connectivity index (χ4n) is 1.98. The first-order valence-electron chi connectivity index (χ1n) is 7.47. The molecule has 1 N–H and O–H groups in total. The van der Waals surface area contributed by atoms with E-state index in [0.717, 1.165) is 19.3 Å². The van der Waals surface area contributed by atoms with Gasteiger partial charge in [0.1, 0.15) is 5.56 Å². The first-order chi connectivity index (χ1) is 11.1. The number of nitrogens with zero attached hydrogens (tertiary/aromatic N) is 1. The third-order valence-electron chi connectivity index (χ3n) is 3.21. The average Bonchev–Trinajstić information content (AvgIpc) is 2.57. The number of hydrogen-bond donors (Lipinski definition) is 1. The third kappa shape index (κ3) is 7.39. The molecule has 23 heavy (non-hydrogen) atoms. The molecular weight excluding hydrogens is 300 g/mol. The molecule has 0 atom stereocenters. The van der Waals surface area contributed by atoms with E-state index in [0.29, 0.717) is 18.5 Å². The summed E-state index contributed by atoms with van der Waals surface area (Å²) < 4.78 is 10.8. The minimum Gasteiger partial charge on any atom is -0.469 e. The van der Waals surface area contributed by atoms with Gasteiger partial charge in [0.15, 0.2) is 12.4 Å². The molecule has 0 aliphatic carbocycles. The molecule has 0 aliphatic heterocycles. The van der Waals surface area contributed by atoms with Gasteiger partial charge < -0.3 is 14.8 Å². The number of hydrogen-bond acceptors (Lipinski definition) is 5. The lowest BCUT2D eigenvalue weighted by Crippen LogP contribution is -2.43. The molecule has 0 fully saturated rings. The number of unbranched alkanes of at least 4 members (excludes halogenated alkanes) is 2. The Morgan fingerprint density at radius 1 is 1.13 bits per heavy atom. The Morgan fingerprint density at radius 3 is 2.61 bits per heavy atom. The molecule has 7 nitrogen and oxygen atoms in total. The Balaban J connectivity index is 2.26. The number of aromatic nitrogens is 1. The molecule has 1 rings (SSSR count). The van der Waals surface area contributed by atoms with Gasteiger partial charge in [-0.1, -0.05) is 6.42 Å². The first-order valence-corrected chi connectivity index (χ1v) is 7.47. The SMILES string of the molecule is COC(=O)CCCCCNC(=O)C[n+]1cccc(C(=O)OC)c1. The van der Waals surface area contributed by atoms with Gasteiger partial charge in [0.05, 0.1) is 14.2 Å². The van der Waals surface area contributed by atoms with Gasteiger partial charge >= 0.3 is 11.9 Å². The lowest BCUT2D eigenvalue weighted by molar-refractivity contribution is -0.684. The molecule has 0 spiro atoms. The number of methoxy groups -OCH3 is 2. The molecule has 1 heterocycles. The van der Waals surface area contributed by atoms with E-state index in [1.165, 1.54) is 14.2 Å². The number of esters is 2. The molecule has 1 aromatic heterocycles. The molecule has 1 amide bonds. The highest BCUT2D eigenvalue weighted by molar-refractivity contribution is 5.88. The second kappa shape index (κ2) is 10.3. The van der Waals surface area contributed by atoms with Crippen molar-refractivity contribution in [3.8, 4) is 0 Å². The van der Waals surface area contributed by atoms with Crippen molar-refractivity contribution < 1.29 is 28.4 Å². The lowest BCUT2D eigenvalue weighted by Gasteiger charge is -2.04. The fourth-order valence-corrected chi connectivity index (χ4v) is 1.98. The van der Waals surface area contributed by atoms with Gasteiger partial charge in [-0.2, -0.15) is 4.57 Å². The van der Waals surface area contributed by atoms with Crippen molar-refractivity contribution in [2.24, 2.45) is 0 Å². The Kier molecular flexibility index (Phi) is 8.34. The van der Waals surface area contributed by atoms with Crippen LogP contribution in [-0.4, -0.2) is 38.6 Å². The molecule has 126 valence electrons. The quantitative estimate of drug-likeness (QED) is 0.409. The number of pyridine rings is 1. The summed E-state index contributed by atoms with van der Waals surface area (Å²) >= 11 is 0. The molecule has 0 bridgehead atoms. The van der Waals surface area contributed by atoms with Crippen LogP contribution in [0.1, 0.15) is 36.0 Å². The Hall–Kier alpha value is -2.44. The summed E-state index contributed by atoms with van der Waals surface area (Å²) in [6.07, 6.45) is 6.08. The largest absolute Gasteiger partial charge is 0.469 e. The van der Waals surface area contributed by atoms with E-state index in [2.05, 4.69) is 14.8 Å². The highest BCUT2D eigenvalue weighted by atomic mass is 16.5. The first kappa shape index (κ1) is 18.6. The number of ether oxygens (including phenoxy) is 2. The highest BCUT2D eigenvalue weighted by Crippen LogP contribution is 2.00. The van der Waals surface area contributed by atoms with E-state index in [1.54, 1.807) is 29.1 Å². The summed E-state index contributed by atoms with van der Waals surface area (Å²) in [6.45, 7) is 0.685. The fraction of sp³-hybridized carbons (Fsp3) is 0.500. The molecule has 7 heteroatoms. The van der Waals surface area contributed by atoms with Gasteiger partial charge in [-0.3, -0.25) is 9.59 Å².